The maximum atomic E-state index is 13.5. The van der Waals surface area contributed by atoms with Gasteiger partial charge >= 0.3 is 12.3 Å². The van der Waals surface area contributed by atoms with Gasteiger partial charge in [0.25, 0.3) is 16.2 Å². The molecule has 2 rings (SSSR count). The van der Waals surface area contributed by atoms with E-state index < -0.39 is 39.9 Å². The Balaban J connectivity index is 2.32. The molecule has 0 saturated heterocycles. The number of hydrogen-bond donors (Lipinski definition) is 1. The number of nitrogens with one attached hydrogen (secondary N) is 1. The lowest BCUT2D eigenvalue weighted by atomic mass is 10.2. The molecule has 0 fully saturated rings. The van der Waals surface area contributed by atoms with E-state index in [1.165, 1.54) is 30.3 Å². The summed E-state index contributed by atoms with van der Waals surface area (Å²) >= 11 is 0. The van der Waals surface area contributed by atoms with Crippen molar-refractivity contribution in [2.45, 2.75) is 30.3 Å². The first kappa shape index (κ1) is 20.9. The molecule has 2 aromatic rings. The molecule has 2 aromatic carbocycles. The maximum absolute atomic E-state index is 13.5. The number of aryl methyl sites for hydroxylation is 1. The normalized spacial score (nSPS) is 13.9. The summed E-state index contributed by atoms with van der Waals surface area (Å²) in [5, 5.41) is 0. The summed E-state index contributed by atoms with van der Waals surface area (Å²) in [5.41, 5.74) is 0.186. The summed E-state index contributed by atoms with van der Waals surface area (Å²) < 4.78 is 107. The fraction of sp³-hybridized carbons (Fsp3) is 0.250. The minimum atomic E-state index is -5.86. The lowest BCUT2D eigenvalue weighted by Crippen LogP contribution is -2.45. The van der Waals surface area contributed by atoms with Crippen LogP contribution in [0.25, 0.3) is 0 Å². The summed E-state index contributed by atoms with van der Waals surface area (Å²) in [7, 11) is -4.25. The average Bonchev–Trinajstić information content (AvgIpc) is 2.55. The third kappa shape index (κ3) is 5.06. The lowest BCUT2D eigenvalue weighted by Gasteiger charge is -2.24. The highest BCUT2D eigenvalue weighted by atomic mass is 32.2. The third-order valence-electron chi connectivity index (χ3n) is 3.29. The Morgan fingerprint density at radius 1 is 0.963 bits per heavy atom. The van der Waals surface area contributed by atoms with E-state index in [9.17, 15) is 34.8 Å². The molecular weight excluding hydrogens is 400 g/mol. The molecule has 1 N–H and O–H groups in total. The van der Waals surface area contributed by atoms with E-state index in [1.807, 2.05) is 4.72 Å². The van der Waals surface area contributed by atoms with Crippen LogP contribution in [-0.2, 0) is 10.0 Å². The zero-order valence-electron chi connectivity index (χ0n) is 13.6. The molecular formula is C16H13F6NO3S. The van der Waals surface area contributed by atoms with Crippen LogP contribution >= 0.6 is 0 Å². The van der Waals surface area contributed by atoms with Gasteiger partial charge in [0.1, 0.15) is 0 Å². The standard InChI is InChI=1S/C16H13F6NO3S/c1-10-6-8-11(9-7-10)27(24,25)23-12-4-2-3-5-13(12)26-16(21,22)14(17)15(18,19)20/h2-9,14,23H,1H3/t14-/m0/s1. The van der Waals surface area contributed by atoms with Crippen molar-refractivity contribution in [2.75, 3.05) is 4.72 Å². The molecule has 0 spiro atoms. The predicted octanol–water partition coefficient (Wildman–Crippen LogP) is 4.67. The minimum Gasteiger partial charge on any atom is -0.428 e. The SMILES string of the molecule is Cc1ccc(S(=O)(=O)Nc2ccccc2OC(F)(F)[C@@H](F)C(F)(F)F)cc1. The first-order valence-corrected chi connectivity index (χ1v) is 8.77. The third-order valence-corrected chi connectivity index (χ3v) is 4.67. The molecule has 27 heavy (non-hydrogen) atoms. The number of benzene rings is 2. The molecule has 0 radical (unpaired) electrons. The Morgan fingerprint density at radius 3 is 2.07 bits per heavy atom. The van der Waals surface area contributed by atoms with Crippen LogP contribution in [0.3, 0.4) is 0 Å². The predicted molar refractivity (Wildman–Crippen MR) is 85.0 cm³/mol. The Morgan fingerprint density at radius 2 is 1.52 bits per heavy atom. The Hall–Kier alpha value is -2.43. The average molecular weight is 413 g/mol. The molecule has 11 heteroatoms. The fourth-order valence-electron chi connectivity index (χ4n) is 1.95. The second-order valence-electron chi connectivity index (χ2n) is 5.48. The van der Waals surface area contributed by atoms with Crippen molar-refractivity contribution < 1.29 is 39.5 Å². The van der Waals surface area contributed by atoms with E-state index in [1.54, 1.807) is 6.92 Å². The highest BCUT2D eigenvalue weighted by molar-refractivity contribution is 7.92. The summed E-state index contributed by atoms with van der Waals surface area (Å²) in [6.45, 7) is 1.71. The van der Waals surface area contributed by atoms with Crippen molar-refractivity contribution in [1.29, 1.82) is 0 Å². The van der Waals surface area contributed by atoms with Crippen molar-refractivity contribution in [1.82, 2.24) is 0 Å². The largest absolute Gasteiger partial charge is 0.439 e. The van der Waals surface area contributed by atoms with Gasteiger partial charge in [-0.1, -0.05) is 29.8 Å². The van der Waals surface area contributed by atoms with Gasteiger partial charge in [0, 0.05) is 0 Å². The summed E-state index contributed by atoms with van der Waals surface area (Å²) in [4.78, 5) is -0.215. The van der Waals surface area contributed by atoms with Crippen LogP contribution in [0.5, 0.6) is 5.75 Å². The monoisotopic (exact) mass is 413 g/mol. The number of sulfonamides is 1. The maximum Gasteiger partial charge on any atom is 0.439 e. The molecule has 0 unspecified atom stereocenters. The minimum absolute atomic E-state index is 0.215. The van der Waals surface area contributed by atoms with Gasteiger partial charge in [-0.15, -0.1) is 0 Å². The van der Waals surface area contributed by atoms with E-state index in [0.717, 1.165) is 23.8 Å². The zero-order valence-corrected chi connectivity index (χ0v) is 14.4. The Bertz CT molecular complexity index is 897. The highest BCUT2D eigenvalue weighted by Crippen LogP contribution is 2.38. The lowest BCUT2D eigenvalue weighted by molar-refractivity contribution is -0.304. The van der Waals surface area contributed by atoms with E-state index >= 15 is 0 Å². The van der Waals surface area contributed by atoms with Gasteiger partial charge in [-0.05, 0) is 31.2 Å². The smallest absolute Gasteiger partial charge is 0.428 e. The van der Waals surface area contributed by atoms with Gasteiger partial charge in [-0.2, -0.15) is 22.0 Å². The van der Waals surface area contributed by atoms with Crippen molar-refractivity contribution >= 4 is 15.7 Å². The Kier molecular flexibility index (Phi) is 5.64. The Labute approximate surface area is 150 Å². The van der Waals surface area contributed by atoms with Crippen LogP contribution < -0.4 is 9.46 Å². The van der Waals surface area contributed by atoms with Crippen LogP contribution in [0.4, 0.5) is 32.0 Å². The van der Waals surface area contributed by atoms with Gasteiger partial charge in [0.2, 0.25) is 0 Å². The second kappa shape index (κ2) is 7.29. The molecule has 0 aromatic heterocycles. The number of hydrogen-bond acceptors (Lipinski definition) is 3. The molecule has 0 amide bonds. The van der Waals surface area contributed by atoms with Crippen LogP contribution in [-0.4, -0.2) is 26.9 Å². The molecule has 0 aliphatic heterocycles. The van der Waals surface area contributed by atoms with Crippen molar-refractivity contribution in [3.8, 4) is 5.75 Å². The van der Waals surface area contributed by atoms with Crippen LogP contribution in [0.2, 0.25) is 0 Å². The van der Waals surface area contributed by atoms with Crippen LogP contribution in [0.15, 0.2) is 53.4 Å². The van der Waals surface area contributed by atoms with Gasteiger partial charge < -0.3 is 4.74 Å². The fourth-order valence-corrected chi connectivity index (χ4v) is 3.02. The van der Waals surface area contributed by atoms with E-state index in [2.05, 4.69) is 4.74 Å². The number of rotatable bonds is 6. The van der Waals surface area contributed by atoms with Crippen LogP contribution in [0.1, 0.15) is 5.56 Å². The second-order valence-corrected chi connectivity index (χ2v) is 7.17. The molecule has 0 bridgehead atoms. The highest BCUT2D eigenvalue weighted by Gasteiger charge is 2.59. The number of anilines is 1. The molecule has 4 nitrogen and oxygen atoms in total. The molecule has 0 saturated carbocycles. The van der Waals surface area contributed by atoms with E-state index in [-0.39, 0.29) is 4.90 Å². The first-order chi connectivity index (χ1) is 12.3. The number of alkyl halides is 6. The summed E-state index contributed by atoms with van der Waals surface area (Å²) in [6, 6.07) is 9.57. The van der Waals surface area contributed by atoms with Gasteiger partial charge in [0.05, 0.1) is 10.6 Å². The topological polar surface area (TPSA) is 55.4 Å². The van der Waals surface area contributed by atoms with Gasteiger partial charge in [0.15, 0.2) is 5.75 Å². The van der Waals surface area contributed by atoms with Crippen molar-refractivity contribution in [3.63, 3.8) is 0 Å². The summed E-state index contributed by atoms with van der Waals surface area (Å²) in [6.07, 6.45) is -15.7. The van der Waals surface area contributed by atoms with Gasteiger partial charge in [-0.3, -0.25) is 4.72 Å². The van der Waals surface area contributed by atoms with Crippen molar-refractivity contribution in [2.24, 2.45) is 0 Å². The summed E-state index contributed by atoms with van der Waals surface area (Å²) in [5.74, 6) is -0.968. The first-order valence-electron chi connectivity index (χ1n) is 7.29. The number of para-hydroxylation sites is 2. The molecule has 148 valence electrons. The molecule has 0 heterocycles. The molecule has 0 aliphatic rings. The molecule has 0 aliphatic carbocycles. The van der Waals surface area contributed by atoms with Crippen LogP contribution in [0, 0.1) is 6.92 Å². The number of ether oxygens (including phenoxy) is 1. The van der Waals surface area contributed by atoms with Gasteiger partial charge in [-0.25, -0.2) is 12.8 Å². The number of halogens is 6. The van der Waals surface area contributed by atoms with E-state index in [0.29, 0.717) is 0 Å². The molecule has 1 atom stereocenters. The van der Waals surface area contributed by atoms with E-state index in [4.69, 9.17) is 0 Å². The zero-order chi connectivity index (χ0) is 20.5. The quantitative estimate of drug-likeness (QED) is 0.701. The van der Waals surface area contributed by atoms with Crippen molar-refractivity contribution in [3.05, 3.63) is 54.1 Å².